The Morgan fingerprint density at radius 2 is 1.28 bits per heavy atom. The maximum Gasteiger partial charge on any atom is 0.242 e. The first-order valence-electron chi connectivity index (χ1n) is 9.94. The third-order valence-electron chi connectivity index (χ3n) is 5.66. The second kappa shape index (κ2) is 8.31. The highest BCUT2D eigenvalue weighted by atomic mass is 16.2. The fraction of sp³-hybridized carbons (Fsp3) is 0.200. The van der Waals surface area contributed by atoms with Gasteiger partial charge < -0.3 is 0 Å². The van der Waals surface area contributed by atoms with Crippen LogP contribution < -0.4 is 10.9 Å². The molecule has 0 spiro atoms. The van der Waals surface area contributed by atoms with Gasteiger partial charge in [0, 0.05) is 11.8 Å². The Balaban J connectivity index is 1.39. The largest absolute Gasteiger partial charge is 0.273 e. The van der Waals surface area contributed by atoms with Crippen LogP contribution >= 0.6 is 0 Å². The zero-order valence-corrected chi connectivity index (χ0v) is 16.2. The second-order valence-corrected chi connectivity index (χ2v) is 7.48. The molecular formula is C25H24N2O2. The molecule has 0 aromatic heterocycles. The van der Waals surface area contributed by atoms with Crippen molar-refractivity contribution < 1.29 is 9.59 Å². The molecule has 1 aliphatic carbocycles. The Bertz CT molecular complexity index is 932. The van der Waals surface area contributed by atoms with Crippen LogP contribution in [0.2, 0.25) is 0 Å². The van der Waals surface area contributed by atoms with Gasteiger partial charge in [-0.1, -0.05) is 91.0 Å². The predicted octanol–water partition coefficient (Wildman–Crippen LogP) is 3.77. The zero-order valence-electron chi connectivity index (χ0n) is 16.2. The van der Waals surface area contributed by atoms with Crippen molar-refractivity contribution in [2.24, 2.45) is 5.92 Å². The van der Waals surface area contributed by atoms with Crippen molar-refractivity contribution >= 4 is 11.8 Å². The molecule has 0 heterocycles. The van der Waals surface area contributed by atoms with E-state index in [9.17, 15) is 9.59 Å². The molecule has 1 aliphatic rings. The molecule has 1 unspecified atom stereocenters. The Kier molecular flexibility index (Phi) is 5.43. The lowest BCUT2D eigenvalue weighted by Crippen LogP contribution is -2.43. The summed E-state index contributed by atoms with van der Waals surface area (Å²) in [5, 5.41) is 0. The van der Waals surface area contributed by atoms with Crippen LogP contribution in [0.3, 0.4) is 0 Å². The number of carbonyl (C=O) groups is 2. The van der Waals surface area contributed by atoms with Crippen LogP contribution in [0.5, 0.6) is 0 Å². The van der Waals surface area contributed by atoms with Crippen LogP contribution in [0.15, 0.2) is 91.0 Å². The summed E-state index contributed by atoms with van der Waals surface area (Å²) in [6.07, 6.45) is 1.70. The normalized spacial score (nSPS) is 16.6. The van der Waals surface area contributed by atoms with E-state index in [2.05, 4.69) is 35.1 Å². The highest BCUT2D eigenvalue weighted by Crippen LogP contribution is 2.58. The van der Waals surface area contributed by atoms with Crippen LogP contribution in [0.1, 0.15) is 29.5 Å². The molecule has 2 N–H and O–H groups in total. The molecule has 1 fully saturated rings. The van der Waals surface area contributed by atoms with Crippen molar-refractivity contribution in [3.05, 3.63) is 108 Å². The van der Waals surface area contributed by atoms with Crippen molar-refractivity contribution in [2.75, 3.05) is 0 Å². The maximum absolute atomic E-state index is 12.8. The number of nitrogens with one attached hydrogen (secondary N) is 2. The van der Waals surface area contributed by atoms with Crippen molar-refractivity contribution in [1.29, 1.82) is 0 Å². The van der Waals surface area contributed by atoms with Crippen LogP contribution in [0.25, 0.3) is 0 Å². The third-order valence-corrected chi connectivity index (χ3v) is 5.66. The molecule has 29 heavy (non-hydrogen) atoms. The standard InChI is InChI=1S/C25H24N2O2/c28-23(17-16-19-10-4-1-5-11-19)26-27-24(29)22-18-25(22,20-12-6-2-7-13-20)21-14-8-3-9-15-21/h1-15,22H,16-18H2,(H,26,28)(H,27,29). The van der Waals surface area contributed by atoms with E-state index in [4.69, 9.17) is 0 Å². The van der Waals surface area contributed by atoms with Crippen LogP contribution in [0.4, 0.5) is 0 Å². The number of hydrogen-bond acceptors (Lipinski definition) is 2. The van der Waals surface area contributed by atoms with Crippen molar-refractivity contribution in [3.8, 4) is 0 Å². The maximum atomic E-state index is 12.8. The molecule has 0 bridgehead atoms. The van der Waals surface area contributed by atoms with Gasteiger partial charge in [-0.15, -0.1) is 0 Å². The monoisotopic (exact) mass is 384 g/mol. The number of hydrazine groups is 1. The molecule has 0 saturated heterocycles. The molecular weight excluding hydrogens is 360 g/mol. The molecule has 3 aromatic rings. The average molecular weight is 384 g/mol. The van der Waals surface area contributed by atoms with Crippen LogP contribution in [0, 0.1) is 5.92 Å². The highest BCUT2D eigenvalue weighted by molar-refractivity contribution is 5.88. The molecule has 3 aromatic carbocycles. The lowest BCUT2D eigenvalue weighted by atomic mass is 9.85. The Hall–Kier alpha value is -3.40. The summed E-state index contributed by atoms with van der Waals surface area (Å²) in [6.45, 7) is 0. The Morgan fingerprint density at radius 1 is 0.759 bits per heavy atom. The number of benzene rings is 3. The van der Waals surface area contributed by atoms with E-state index in [0.29, 0.717) is 12.8 Å². The van der Waals surface area contributed by atoms with E-state index in [1.54, 1.807) is 0 Å². The zero-order chi connectivity index (χ0) is 20.1. The lowest BCUT2D eigenvalue weighted by molar-refractivity contribution is -0.129. The summed E-state index contributed by atoms with van der Waals surface area (Å²) in [5.41, 5.74) is 8.23. The molecule has 4 rings (SSSR count). The number of amides is 2. The van der Waals surface area contributed by atoms with Gasteiger partial charge in [0.1, 0.15) is 0 Å². The summed E-state index contributed by atoms with van der Waals surface area (Å²) >= 11 is 0. The molecule has 0 aliphatic heterocycles. The quantitative estimate of drug-likeness (QED) is 0.636. The molecule has 4 heteroatoms. The predicted molar refractivity (Wildman–Crippen MR) is 113 cm³/mol. The first-order chi connectivity index (χ1) is 14.2. The lowest BCUT2D eigenvalue weighted by Gasteiger charge is -2.19. The molecule has 0 radical (unpaired) electrons. The smallest absolute Gasteiger partial charge is 0.242 e. The second-order valence-electron chi connectivity index (χ2n) is 7.48. The molecule has 1 atom stereocenters. The van der Waals surface area contributed by atoms with Gasteiger partial charge in [0.2, 0.25) is 11.8 Å². The van der Waals surface area contributed by atoms with E-state index in [1.165, 1.54) is 0 Å². The van der Waals surface area contributed by atoms with Gasteiger partial charge in [-0.05, 0) is 29.5 Å². The number of carbonyl (C=O) groups excluding carboxylic acids is 2. The Labute approximate surface area is 170 Å². The van der Waals surface area contributed by atoms with E-state index >= 15 is 0 Å². The number of aryl methyl sites for hydroxylation is 1. The van der Waals surface area contributed by atoms with E-state index in [1.807, 2.05) is 66.7 Å². The third kappa shape index (κ3) is 4.06. The van der Waals surface area contributed by atoms with Gasteiger partial charge in [0.25, 0.3) is 0 Å². The summed E-state index contributed by atoms with van der Waals surface area (Å²) in [5.74, 6) is -0.541. The van der Waals surface area contributed by atoms with Crippen molar-refractivity contribution in [2.45, 2.75) is 24.7 Å². The fourth-order valence-electron chi connectivity index (χ4n) is 4.04. The first-order valence-corrected chi connectivity index (χ1v) is 9.94. The SMILES string of the molecule is O=C(CCc1ccccc1)NNC(=O)C1CC1(c1ccccc1)c1ccccc1. The van der Waals surface area contributed by atoms with E-state index < -0.39 is 0 Å². The molecule has 2 amide bonds. The first kappa shape index (κ1) is 18.9. The summed E-state index contributed by atoms with van der Waals surface area (Å²) in [7, 11) is 0. The minimum absolute atomic E-state index is 0.147. The summed E-state index contributed by atoms with van der Waals surface area (Å²) in [6, 6.07) is 30.1. The van der Waals surface area contributed by atoms with E-state index in [0.717, 1.165) is 23.1 Å². The highest BCUT2D eigenvalue weighted by Gasteiger charge is 2.60. The van der Waals surface area contributed by atoms with Crippen molar-refractivity contribution in [3.63, 3.8) is 0 Å². The minimum atomic E-state index is -0.332. The minimum Gasteiger partial charge on any atom is -0.273 e. The average Bonchev–Trinajstić information content (AvgIpc) is 3.55. The van der Waals surface area contributed by atoms with Crippen LogP contribution in [-0.2, 0) is 21.4 Å². The van der Waals surface area contributed by atoms with Gasteiger partial charge >= 0.3 is 0 Å². The summed E-state index contributed by atoms with van der Waals surface area (Å²) < 4.78 is 0. The molecule has 146 valence electrons. The van der Waals surface area contributed by atoms with Crippen LogP contribution in [-0.4, -0.2) is 11.8 Å². The molecule has 4 nitrogen and oxygen atoms in total. The van der Waals surface area contributed by atoms with Gasteiger partial charge in [-0.2, -0.15) is 0 Å². The van der Waals surface area contributed by atoms with Crippen molar-refractivity contribution in [1.82, 2.24) is 10.9 Å². The van der Waals surface area contributed by atoms with Gasteiger partial charge in [0.05, 0.1) is 5.92 Å². The van der Waals surface area contributed by atoms with E-state index in [-0.39, 0.29) is 23.1 Å². The summed E-state index contributed by atoms with van der Waals surface area (Å²) in [4.78, 5) is 25.0. The van der Waals surface area contributed by atoms with Gasteiger partial charge in [-0.25, -0.2) is 0 Å². The number of rotatable bonds is 6. The molecule has 1 saturated carbocycles. The fourth-order valence-corrected chi connectivity index (χ4v) is 4.04. The Morgan fingerprint density at radius 3 is 1.83 bits per heavy atom. The topological polar surface area (TPSA) is 58.2 Å². The van der Waals surface area contributed by atoms with Gasteiger partial charge in [0.15, 0.2) is 0 Å². The number of hydrogen-bond donors (Lipinski definition) is 2. The van der Waals surface area contributed by atoms with Gasteiger partial charge in [-0.3, -0.25) is 20.4 Å².